The van der Waals surface area contributed by atoms with Crippen LogP contribution in [0.2, 0.25) is 0 Å². The van der Waals surface area contributed by atoms with Gasteiger partial charge in [-0.3, -0.25) is 4.79 Å². The Hall–Kier alpha value is -2.25. The normalized spacial score (nSPS) is 10.0. The number of nitrogens with zero attached hydrogens (tertiary/aromatic N) is 2. The molecule has 3 nitrogen and oxygen atoms in total. The lowest BCUT2D eigenvalue weighted by Gasteiger charge is -2.15. The van der Waals surface area contributed by atoms with E-state index in [0.717, 1.165) is 4.90 Å². The van der Waals surface area contributed by atoms with Crippen LogP contribution in [0.5, 0.6) is 0 Å². The average Bonchev–Trinajstić information content (AvgIpc) is 2.58. The van der Waals surface area contributed by atoms with E-state index in [1.807, 2.05) is 36.4 Å². The molecule has 0 N–H and O–H groups in total. The largest absolute Gasteiger partial charge is 0.344 e. The molecule has 0 atom stereocenters. The van der Waals surface area contributed by atoms with Gasteiger partial charge in [0.25, 0.3) is 0 Å². The number of amides is 1. The van der Waals surface area contributed by atoms with Crippen LogP contribution in [-0.2, 0) is 4.79 Å². The Bertz CT molecular complexity index is 647. The van der Waals surface area contributed by atoms with E-state index in [1.165, 1.54) is 22.9 Å². The summed E-state index contributed by atoms with van der Waals surface area (Å²) in [5.74, 6) is 0.444. The fraction of sp³-hybridized carbons (Fsp3) is 0.222. The highest BCUT2D eigenvalue weighted by Crippen LogP contribution is 2.24. The maximum atomic E-state index is 11.9. The molecular formula is C18H18N2OS. The lowest BCUT2D eigenvalue weighted by atomic mass is 10.1. The van der Waals surface area contributed by atoms with Crippen molar-refractivity contribution in [3.05, 3.63) is 54.6 Å². The van der Waals surface area contributed by atoms with E-state index in [1.54, 1.807) is 11.9 Å². The Labute approximate surface area is 135 Å². The predicted octanol–water partition coefficient (Wildman–Crippen LogP) is 3.82. The molecule has 4 heteroatoms. The Balaban J connectivity index is 1.89. The number of carbonyl (C=O) groups excluding carboxylic acids is 1. The number of thioether (sulfide) groups is 1. The van der Waals surface area contributed by atoms with Crippen molar-refractivity contribution in [2.24, 2.45) is 0 Å². The smallest absolute Gasteiger partial charge is 0.232 e. The van der Waals surface area contributed by atoms with Crippen LogP contribution in [0, 0.1) is 11.3 Å². The van der Waals surface area contributed by atoms with E-state index in [-0.39, 0.29) is 5.91 Å². The second-order valence-corrected chi connectivity index (χ2v) is 5.95. The Morgan fingerprint density at radius 3 is 2.36 bits per heavy atom. The lowest BCUT2D eigenvalue weighted by Crippen LogP contribution is -2.29. The molecule has 0 spiro atoms. The van der Waals surface area contributed by atoms with Crippen LogP contribution in [-0.4, -0.2) is 30.2 Å². The Morgan fingerprint density at radius 1 is 1.09 bits per heavy atom. The van der Waals surface area contributed by atoms with Gasteiger partial charge in [-0.25, -0.2) is 0 Å². The van der Waals surface area contributed by atoms with E-state index in [9.17, 15) is 4.79 Å². The third-order valence-electron chi connectivity index (χ3n) is 3.31. The van der Waals surface area contributed by atoms with Gasteiger partial charge in [0, 0.05) is 18.5 Å². The molecule has 2 rings (SSSR count). The molecule has 112 valence electrons. The first kappa shape index (κ1) is 16.1. The lowest BCUT2D eigenvalue weighted by molar-refractivity contribution is -0.127. The monoisotopic (exact) mass is 310 g/mol. The van der Waals surface area contributed by atoms with Gasteiger partial charge in [-0.2, -0.15) is 5.26 Å². The minimum Gasteiger partial charge on any atom is -0.344 e. The fourth-order valence-electron chi connectivity index (χ4n) is 1.97. The van der Waals surface area contributed by atoms with Gasteiger partial charge in [0.15, 0.2) is 0 Å². The molecule has 0 aromatic heterocycles. The van der Waals surface area contributed by atoms with E-state index >= 15 is 0 Å². The Kier molecular flexibility index (Phi) is 6.05. The molecule has 2 aromatic carbocycles. The summed E-state index contributed by atoms with van der Waals surface area (Å²) in [6.45, 7) is 0.489. The summed E-state index contributed by atoms with van der Waals surface area (Å²) in [6.07, 6.45) is 0.374. The summed E-state index contributed by atoms with van der Waals surface area (Å²) in [7, 11) is 1.73. The number of rotatable bonds is 6. The zero-order chi connectivity index (χ0) is 15.8. The van der Waals surface area contributed by atoms with Gasteiger partial charge in [-0.15, -0.1) is 11.8 Å². The highest BCUT2D eigenvalue weighted by atomic mass is 32.2. The number of carbonyl (C=O) groups is 1. The molecule has 0 aliphatic heterocycles. The second kappa shape index (κ2) is 8.26. The first-order chi connectivity index (χ1) is 10.7. The van der Waals surface area contributed by atoms with E-state index in [0.29, 0.717) is 18.7 Å². The van der Waals surface area contributed by atoms with Gasteiger partial charge in [0.1, 0.15) is 0 Å². The minimum absolute atomic E-state index is 0.0485. The van der Waals surface area contributed by atoms with E-state index in [4.69, 9.17) is 5.26 Å². The molecule has 0 aliphatic carbocycles. The van der Waals surface area contributed by atoms with Crippen molar-refractivity contribution in [2.75, 3.05) is 19.3 Å². The third-order valence-corrected chi connectivity index (χ3v) is 4.31. The van der Waals surface area contributed by atoms with Gasteiger partial charge in [0.2, 0.25) is 5.91 Å². The summed E-state index contributed by atoms with van der Waals surface area (Å²) >= 11 is 1.52. The molecule has 0 aliphatic rings. The van der Waals surface area contributed by atoms with Crippen molar-refractivity contribution in [3.8, 4) is 17.2 Å². The molecule has 0 bridgehead atoms. The summed E-state index contributed by atoms with van der Waals surface area (Å²) < 4.78 is 0. The summed E-state index contributed by atoms with van der Waals surface area (Å²) in [6, 6.07) is 20.5. The maximum absolute atomic E-state index is 11.9. The van der Waals surface area contributed by atoms with Crippen molar-refractivity contribution in [3.63, 3.8) is 0 Å². The van der Waals surface area contributed by atoms with Crippen LogP contribution < -0.4 is 0 Å². The van der Waals surface area contributed by atoms with Crippen LogP contribution in [0.15, 0.2) is 59.5 Å². The molecule has 0 unspecified atom stereocenters. The van der Waals surface area contributed by atoms with Gasteiger partial charge < -0.3 is 4.90 Å². The van der Waals surface area contributed by atoms with E-state index < -0.39 is 0 Å². The van der Waals surface area contributed by atoms with Crippen molar-refractivity contribution in [1.29, 1.82) is 5.26 Å². The van der Waals surface area contributed by atoms with Crippen LogP contribution in [0.4, 0.5) is 0 Å². The standard InChI is InChI=1S/C18H18N2OS/c1-20(13-5-12-19)18(21)14-22-17-10-8-16(9-11-17)15-6-3-2-4-7-15/h2-4,6-11H,5,13-14H2,1H3. The molecule has 2 aromatic rings. The van der Waals surface area contributed by atoms with Crippen LogP contribution in [0.1, 0.15) is 6.42 Å². The number of hydrogen-bond donors (Lipinski definition) is 0. The number of nitriles is 1. The van der Waals surface area contributed by atoms with Gasteiger partial charge in [-0.1, -0.05) is 42.5 Å². The number of benzene rings is 2. The third kappa shape index (κ3) is 4.64. The van der Waals surface area contributed by atoms with Crippen molar-refractivity contribution in [1.82, 2.24) is 4.90 Å². The first-order valence-electron chi connectivity index (χ1n) is 7.10. The fourth-order valence-corrected chi connectivity index (χ4v) is 2.81. The molecular weight excluding hydrogens is 292 g/mol. The first-order valence-corrected chi connectivity index (χ1v) is 8.08. The van der Waals surface area contributed by atoms with E-state index in [2.05, 4.69) is 24.3 Å². The van der Waals surface area contributed by atoms with Crippen molar-refractivity contribution < 1.29 is 4.79 Å². The summed E-state index contributed by atoms with van der Waals surface area (Å²) in [5.41, 5.74) is 2.36. The topological polar surface area (TPSA) is 44.1 Å². The van der Waals surface area contributed by atoms with Crippen LogP contribution in [0.3, 0.4) is 0 Å². The average molecular weight is 310 g/mol. The molecule has 0 heterocycles. The van der Waals surface area contributed by atoms with Crippen LogP contribution in [0.25, 0.3) is 11.1 Å². The zero-order valence-corrected chi connectivity index (χ0v) is 13.3. The van der Waals surface area contributed by atoms with Crippen LogP contribution >= 0.6 is 11.8 Å². The maximum Gasteiger partial charge on any atom is 0.232 e. The Morgan fingerprint density at radius 2 is 1.73 bits per heavy atom. The quantitative estimate of drug-likeness (QED) is 0.762. The number of hydrogen-bond acceptors (Lipinski definition) is 3. The zero-order valence-electron chi connectivity index (χ0n) is 12.5. The summed E-state index contributed by atoms with van der Waals surface area (Å²) in [4.78, 5) is 14.6. The van der Waals surface area contributed by atoms with Gasteiger partial charge in [-0.05, 0) is 23.3 Å². The molecule has 0 saturated carbocycles. The molecule has 0 saturated heterocycles. The molecule has 1 amide bonds. The molecule has 0 radical (unpaired) electrons. The second-order valence-electron chi connectivity index (χ2n) is 4.90. The van der Waals surface area contributed by atoms with Gasteiger partial charge in [0.05, 0.1) is 18.2 Å². The summed E-state index contributed by atoms with van der Waals surface area (Å²) in [5, 5.41) is 8.53. The SMILES string of the molecule is CN(CCC#N)C(=O)CSc1ccc(-c2ccccc2)cc1. The molecule has 0 fully saturated rings. The minimum atomic E-state index is 0.0485. The van der Waals surface area contributed by atoms with Crippen molar-refractivity contribution >= 4 is 17.7 Å². The highest BCUT2D eigenvalue weighted by Gasteiger charge is 2.08. The predicted molar refractivity (Wildman–Crippen MR) is 90.5 cm³/mol. The highest BCUT2D eigenvalue weighted by molar-refractivity contribution is 8.00. The van der Waals surface area contributed by atoms with Crippen molar-refractivity contribution in [2.45, 2.75) is 11.3 Å². The van der Waals surface area contributed by atoms with Gasteiger partial charge >= 0.3 is 0 Å². The molecule has 22 heavy (non-hydrogen) atoms.